The number of ether oxygens (including phenoxy) is 2. The van der Waals surface area contributed by atoms with Crippen LogP contribution in [0.1, 0.15) is 5.56 Å². The van der Waals surface area contributed by atoms with E-state index in [2.05, 4.69) is 4.98 Å². The summed E-state index contributed by atoms with van der Waals surface area (Å²) in [5.41, 5.74) is 6.53. The molecule has 3 N–H and O–H groups in total. The van der Waals surface area contributed by atoms with E-state index in [0.717, 1.165) is 5.56 Å². The molecule has 1 heterocycles. The fraction of sp³-hybridized carbons (Fsp3) is 0.500. The summed E-state index contributed by atoms with van der Waals surface area (Å²) in [4.78, 5) is 4.01. The van der Waals surface area contributed by atoms with Crippen molar-refractivity contribution in [3.8, 4) is 11.6 Å². The average Bonchev–Trinajstić information content (AvgIpc) is 2.28. The third-order valence-electron chi connectivity index (χ3n) is 2.07. The van der Waals surface area contributed by atoms with Crippen LogP contribution in [-0.2, 0) is 6.42 Å². The van der Waals surface area contributed by atoms with Crippen molar-refractivity contribution in [2.75, 3.05) is 20.8 Å². The lowest BCUT2D eigenvalue weighted by atomic mass is 10.1. The maximum atomic E-state index is 8.87. The normalized spacial score (nSPS) is 12.3. The molecule has 0 fully saturated rings. The molecule has 0 saturated carbocycles. The molecule has 84 valence electrons. The number of hydrogen-bond acceptors (Lipinski definition) is 5. The van der Waals surface area contributed by atoms with Crippen molar-refractivity contribution in [3.63, 3.8) is 0 Å². The Morgan fingerprint density at radius 3 is 2.73 bits per heavy atom. The van der Waals surface area contributed by atoms with Crippen LogP contribution in [0.5, 0.6) is 11.6 Å². The quantitative estimate of drug-likeness (QED) is 0.716. The van der Waals surface area contributed by atoms with E-state index in [4.69, 9.17) is 20.3 Å². The van der Waals surface area contributed by atoms with Crippen LogP contribution in [0.3, 0.4) is 0 Å². The molecule has 0 aromatic carbocycles. The van der Waals surface area contributed by atoms with Gasteiger partial charge in [0.1, 0.15) is 5.75 Å². The Bertz CT molecular complexity index is 318. The molecule has 0 saturated heterocycles. The number of nitrogens with zero attached hydrogens (tertiary/aromatic N) is 1. The van der Waals surface area contributed by atoms with E-state index in [1.165, 1.54) is 0 Å². The fourth-order valence-corrected chi connectivity index (χ4v) is 1.26. The molecule has 0 spiro atoms. The third kappa shape index (κ3) is 3.07. The summed E-state index contributed by atoms with van der Waals surface area (Å²) in [6.07, 6.45) is 2.11. The maximum Gasteiger partial charge on any atom is 0.213 e. The molecule has 1 atom stereocenters. The van der Waals surface area contributed by atoms with Crippen LogP contribution in [-0.4, -0.2) is 37.0 Å². The maximum absolute atomic E-state index is 8.87. The Morgan fingerprint density at radius 1 is 1.47 bits per heavy atom. The molecule has 1 rings (SSSR count). The molecule has 5 nitrogen and oxygen atoms in total. The molecule has 0 aliphatic heterocycles. The Balaban J connectivity index is 2.90. The number of hydrogen-bond donors (Lipinski definition) is 2. The van der Waals surface area contributed by atoms with Crippen molar-refractivity contribution in [1.29, 1.82) is 0 Å². The predicted octanol–water partition coefficient (Wildman–Crippen LogP) is -0.0391. The van der Waals surface area contributed by atoms with Gasteiger partial charge in [-0.05, 0) is 6.42 Å². The molecule has 0 amide bonds. The van der Waals surface area contributed by atoms with Crippen LogP contribution in [0.4, 0.5) is 0 Å². The van der Waals surface area contributed by atoms with Crippen LogP contribution < -0.4 is 15.2 Å². The van der Waals surface area contributed by atoms with Crippen molar-refractivity contribution in [2.45, 2.75) is 12.5 Å². The highest BCUT2D eigenvalue weighted by Gasteiger charge is 2.10. The van der Waals surface area contributed by atoms with Gasteiger partial charge in [0, 0.05) is 17.7 Å². The summed E-state index contributed by atoms with van der Waals surface area (Å²) in [5.74, 6) is 1.16. The Kier molecular flexibility index (Phi) is 4.33. The van der Waals surface area contributed by atoms with Gasteiger partial charge in [0.2, 0.25) is 5.88 Å². The van der Waals surface area contributed by atoms with Crippen LogP contribution in [0.25, 0.3) is 0 Å². The van der Waals surface area contributed by atoms with Gasteiger partial charge in [0.25, 0.3) is 0 Å². The Labute approximate surface area is 88.8 Å². The second-order valence-electron chi connectivity index (χ2n) is 3.19. The summed E-state index contributed by atoms with van der Waals surface area (Å²) in [6.45, 7) is -0.0617. The minimum absolute atomic E-state index is 0.0617. The van der Waals surface area contributed by atoms with Crippen molar-refractivity contribution in [3.05, 3.63) is 17.8 Å². The standard InChI is InChI=1S/C10H16N2O3/c1-14-9-5-12-10(15-2)4-7(9)3-8(11)6-13/h4-5,8,13H,3,6,11H2,1-2H3. The van der Waals surface area contributed by atoms with Crippen molar-refractivity contribution in [1.82, 2.24) is 4.98 Å². The van der Waals surface area contributed by atoms with Gasteiger partial charge in [-0.1, -0.05) is 0 Å². The van der Waals surface area contributed by atoms with E-state index >= 15 is 0 Å². The zero-order valence-corrected chi connectivity index (χ0v) is 8.93. The van der Waals surface area contributed by atoms with E-state index in [1.54, 1.807) is 26.5 Å². The molecule has 0 bridgehead atoms. The van der Waals surface area contributed by atoms with Gasteiger partial charge >= 0.3 is 0 Å². The molecule has 0 aliphatic rings. The highest BCUT2D eigenvalue weighted by Crippen LogP contribution is 2.22. The number of rotatable bonds is 5. The molecule has 1 aromatic rings. The van der Waals surface area contributed by atoms with Crippen LogP contribution in [0.2, 0.25) is 0 Å². The van der Waals surface area contributed by atoms with Gasteiger partial charge in [-0.15, -0.1) is 0 Å². The zero-order chi connectivity index (χ0) is 11.3. The smallest absolute Gasteiger partial charge is 0.213 e. The van der Waals surface area contributed by atoms with Crippen molar-refractivity contribution in [2.24, 2.45) is 5.73 Å². The second kappa shape index (κ2) is 5.53. The lowest BCUT2D eigenvalue weighted by Crippen LogP contribution is -2.27. The summed E-state index contributed by atoms with van der Waals surface area (Å²) in [6, 6.07) is 1.46. The molecule has 15 heavy (non-hydrogen) atoms. The molecule has 1 aromatic heterocycles. The molecular weight excluding hydrogens is 196 g/mol. The van der Waals surface area contributed by atoms with Crippen LogP contribution >= 0.6 is 0 Å². The summed E-state index contributed by atoms with van der Waals surface area (Å²) < 4.78 is 10.1. The number of aliphatic hydroxyl groups excluding tert-OH is 1. The van der Waals surface area contributed by atoms with E-state index in [9.17, 15) is 0 Å². The largest absolute Gasteiger partial charge is 0.495 e. The fourth-order valence-electron chi connectivity index (χ4n) is 1.26. The minimum Gasteiger partial charge on any atom is -0.495 e. The SMILES string of the molecule is COc1cc(CC(N)CO)c(OC)cn1. The molecule has 5 heteroatoms. The number of pyridine rings is 1. The Hall–Kier alpha value is -1.33. The number of aliphatic hydroxyl groups is 1. The van der Waals surface area contributed by atoms with E-state index in [-0.39, 0.29) is 12.6 Å². The summed E-state index contributed by atoms with van der Waals surface area (Å²) in [5, 5.41) is 8.87. The lowest BCUT2D eigenvalue weighted by Gasteiger charge is -2.12. The molecule has 1 unspecified atom stereocenters. The predicted molar refractivity (Wildman–Crippen MR) is 56.1 cm³/mol. The first-order valence-corrected chi connectivity index (χ1v) is 4.64. The minimum atomic E-state index is -0.300. The monoisotopic (exact) mass is 212 g/mol. The molecule has 0 aliphatic carbocycles. The number of aromatic nitrogens is 1. The van der Waals surface area contributed by atoms with Crippen LogP contribution in [0, 0.1) is 0 Å². The number of methoxy groups -OCH3 is 2. The summed E-state index contributed by atoms with van der Waals surface area (Å²) in [7, 11) is 3.11. The van der Waals surface area contributed by atoms with Gasteiger partial charge in [-0.25, -0.2) is 4.98 Å². The van der Waals surface area contributed by atoms with Crippen LogP contribution in [0.15, 0.2) is 12.3 Å². The first-order valence-electron chi connectivity index (χ1n) is 4.64. The lowest BCUT2D eigenvalue weighted by molar-refractivity contribution is 0.264. The average molecular weight is 212 g/mol. The van der Waals surface area contributed by atoms with Crippen molar-refractivity contribution >= 4 is 0 Å². The van der Waals surface area contributed by atoms with E-state index in [0.29, 0.717) is 18.1 Å². The third-order valence-corrected chi connectivity index (χ3v) is 2.07. The van der Waals surface area contributed by atoms with E-state index < -0.39 is 0 Å². The molecular formula is C10H16N2O3. The van der Waals surface area contributed by atoms with E-state index in [1.807, 2.05) is 0 Å². The molecule has 0 radical (unpaired) electrons. The van der Waals surface area contributed by atoms with Gasteiger partial charge in [-0.2, -0.15) is 0 Å². The van der Waals surface area contributed by atoms with Gasteiger partial charge in [0.05, 0.1) is 27.0 Å². The second-order valence-corrected chi connectivity index (χ2v) is 3.19. The highest BCUT2D eigenvalue weighted by atomic mass is 16.5. The van der Waals surface area contributed by atoms with Gasteiger partial charge < -0.3 is 20.3 Å². The van der Waals surface area contributed by atoms with Crippen molar-refractivity contribution < 1.29 is 14.6 Å². The zero-order valence-electron chi connectivity index (χ0n) is 8.93. The van der Waals surface area contributed by atoms with Gasteiger partial charge in [-0.3, -0.25) is 0 Å². The highest BCUT2D eigenvalue weighted by molar-refractivity contribution is 5.35. The first kappa shape index (κ1) is 11.7. The Morgan fingerprint density at radius 2 is 2.20 bits per heavy atom. The summed E-state index contributed by atoms with van der Waals surface area (Å²) >= 11 is 0. The van der Waals surface area contributed by atoms with Gasteiger partial charge in [0.15, 0.2) is 0 Å². The topological polar surface area (TPSA) is 77.6 Å². The number of nitrogens with two attached hydrogens (primary N) is 1. The first-order chi connectivity index (χ1) is 7.21.